The molecule has 0 unspecified atom stereocenters. The summed E-state index contributed by atoms with van der Waals surface area (Å²) in [7, 11) is 0. The molecule has 2 heterocycles. The molecule has 21 heavy (non-hydrogen) atoms. The van der Waals surface area contributed by atoms with Crippen LogP contribution in [-0.2, 0) is 11.2 Å². The van der Waals surface area contributed by atoms with Crippen molar-refractivity contribution in [1.29, 1.82) is 0 Å². The molecular weight excluding hydrogens is 286 g/mol. The third-order valence-electron chi connectivity index (χ3n) is 2.85. The molecule has 0 fully saturated rings. The van der Waals surface area contributed by atoms with Crippen LogP contribution >= 0.6 is 11.3 Å². The lowest BCUT2D eigenvalue weighted by Crippen LogP contribution is -2.13. The van der Waals surface area contributed by atoms with Crippen LogP contribution in [0.3, 0.4) is 0 Å². The van der Waals surface area contributed by atoms with E-state index in [4.69, 9.17) is 4.42 Å². The first-order valence-corrected chi connectivity index (χ1v) is 7.31. The van der Waals surface area contributed by atoms with Gasteiger partial charge in [0.25, 0.3) is 0 Å². The van der Waals surface area contributed by atoms with E-state index in [-0.39, 0.29) is 11.9 Å². The highest BCUT2D eigenvalue weighted by Crippen LogP contribution is 2.20. The Labute approximate surface area is 125 Å². The molecule has 0 aliphatic rings. The number of benzene rings is 1. The van der Waals surface area contributed by atoms with Crippen molar-refractivity contribution in [3.8, 4) is 11.5 Å². The molecule has 5 nitrogen and oxygen atoms in total. The fourth-order valence-electron chi connectivity index (χ4n) is 1.90. The zero-order valence-corrected chi connectivity index (χ0v) is 12.2. The van der Waals surface area contributed by atoms with E-state index in [9.17, 15) is 4.79 Å². The van der Waals surface area contributed by atoms with Gasteiger partial charge in [-0.25, -0.2) is 0 Å². The highest BCUT2D eigenvalue weighted by Gasteiger charge is 2.12. The largest absolute Gasteiger partial charge is 0.403 e. The van der Waals surface area contributed by atoms with Crippen molar-refractivity contribution in [2.24, 2.45) is 0 Å². The van der Waals surface area contributed by atoms with E-state index in [0.29, 0.717) is 12.3 Å². The van der Waals surface area contributed by atoms with Crippen LogP contribution in [0.1, 0.15) is 10.4 Å². The Balaban J connectivity index is 1.69. The third-order valence-corrected chi connectivity index (χ3v) is 3.73. The maximum absolute atomic E-state index is 11.8. The summed E-state index contributed by atoms with van der Waals surface area (Å²) in [4.78, 5) is 12.8. The Bertz CT molecular complexity index is 750. The molecule has 0 aliphatic carbocycles. The molecular formula is C15H13N3O2S. The van der Waals surface area contributed by atoms with Crippen LogP contribution in [0, 0.1) is 6.92 Å². The van der Waals surface area contributed by atoms with Gasteiger partial charge in [-0.3, -0.25) is 10.1 Å². The summed E-state index contributed by atoms with van der Waals surface area (Å²) < 4.78 is 5.46. The van der Waals surface area contributed by atoms with E-state index < -0.39 is 0 Å². The smallest absolute Gasteiger partial charge is 0.322 e. The Morgan fingerprint density at radius 2 is 2.19 bits per heavy atom. The molecule has 1 aromatic carbocycles. The van der Waals surface area contributed by atoms with Crippen LogP contribution in [0.4, 0.5) is 6.01 Å². The first-order valence-electron chi connectivity index (χ1n) is 6.43. The number of carbonyl (C=O) groups is 1. The predicted molar refractivity (Wildman–Crippen MR) is 81.1 cm³/mol. The fraction of sp³-hybridized carbons (Fsp3) is 0.133. The van der Waals surface area contributed by atoms with E-state index in [0.717, 1.165) is 16.0 Å². The minimum absolute atomic E-state index is 0.119. The van der Waals surface area contributed by atoms with E-state index in [2.05, 4.69) is 15.5 Å². The zero-order valence-electron chi connectivity index (χ0n) is 11.4. The molecule has 2 aromatic heterocycles. The maximum Gasteiger partial charge on any atom is 0.322 e. The Hall–Kier alpha value is -2.47. The van der Waals surface area contributed by atoms with Crippen molar-refractivity contribution in [3.05, 3.63) is 52.2 Å². The van der Waals surface area contributed by atoms with Crippen molar-refractivity contribution < 1.29 is 9.21 Å². The number of aryl methyl sites for hydroxylation is 1. The van der Waals surface area contributed by atoms with Crippen molar-refractivity contribution in [1.82, 2.24) is 10.2 Å². The molecule has 3 aromatic rings. The van der Waals surface area contributed by atoms with E-state index in [1.54, 1.807) is 0 Å². The molecule has 0 spiro atoms. The Kier molecular flexibility index (Phi) is 3.79. The maximum atomic E-state index is 11.8. The van der Waals surface area contributed by atoms with Crippen molar-refractivity contribution in [3.63, 3.8) is 0 Å². The quantitative estimate of drug-likeness (QED) is 0.802. The van der Waals surface area contributed by atoms with Gasteiger partial charge in [0.05, 0.1) is 6.42 Å². The molecule has 0 radical (unpaired) electrons. The summed E-state index contributed by atoms with van der Waals surface area (Å²) in [5.41, 5.74) is 1.94. The fourth-order valence-corrected chi connectivity index (χ4v) is 2.61. The van der Waals surface area contributed by atoms with Gasteiger partial charge in [0.15, 0.2) is 0 Å². The summed E-state index contributed by atoms with van der Waals surface area (Å²) in [6, 6.07) is 11.7. The number of nitrogens with zero attached hydrogens (tertiary/aromatic N) is 2. The van der Waals surface area contributed by atoms with Crippen LogP contribution in [-0.4, -0.2) is 16.1 Å². The van der Waals surface area contributed by atoms with Gasteiger partial charge in [-0.1, -0.05) is 28.9 Å². The second-order valence-corrected chi connectivity index (χ2v) is 5.62. The SMILES string of the molecule is Cc1cccc(-c2nnc(NC(=O)Cc3cccs3)o2)c1. The van der Waals surface area contributed by atoms with Crippen LogP contribution in [0.2, 0.25) is 0 Å². The summed E-state index contributed by atoms with van der Waals surface area (Å²) in [6.45, 7) is 1.99. The standard InChI is InChI=1S/C15H13N3O2S/c1-10-4-2-5-11(8-10)14-17-18-15(20-14)16-13(19)9-12-6-3-7-21-12/h2-8H,9H2,1H3,(H,16,18,19). The van der Waals surface area contributed by atoms with Gasteiger partial charge in [-0.05, 0) is 30.5 Å². The summed E-state index contributed by atoms with van der Waals surface area (Å²) in [5.74, 6) is 0.224. The van der Waals surface area contributed by atoms with Gasteiger partial charge in [0.2, 0.25) is 11.8 Å². The molecule has 0 atom stereocenters. The second-order valence-electron chi connectivity index (χ2n) is 4.59. The first kappa shape index (κ1) is 13.5. The van der Waals surface area contributed by atoms with E-state index in [1.807, 2.05) is 48.7 Å². The number of thiophene rings is 1. The molecule has 0 saturated heterocycles. The Morgan fingerprint density at radius 3 is 2.95 bits per heavy atom. The number of hydrogen-bond acceptors (Lipinski definition) is 5. The first-order chi connectivity index (χ1) is 10.2. The van der Waals surface area contributed by atoms with Crippen LogP contribution in [0.15, 0.2) is 46.2 Å². The van der Waals surface area contributed by atoms with Crippen LogP contribution < -0.4 is 5.32 Å². The van der Waals surface area contributed by atoms with Crippen LogP contribution in [0.25, 0.3) is 11.5 Å². The van der Waals surface area contributed by atoms with Crippen LogP contribution in [0.5, 0.6) is 0 Å². The molecule has 1 amide bonds. The van der Waals surface area contributed by atoms with Gasteiger partial charge in [-0.2, -0.15) is 0 Å². The van der Waals surface area contributed by atoms with Gasteiger partial charge in [0, 0.05) is 10.4 Å². The number of anilines is 1. The summed E-state index contributed by atoms with van der Waals surface area (Å²) in [6.07, 6.45) is 0.305. The van der Waals surface area contributed by atoms with Gasteiger partial charge in [0.1, 0.15) is 0 Å². The molecule has 3 rings (SSSR count). The van der Waals surface area contributed by atoms with Gasteiger partial charge < -0.3 is 4.42 Å². The third kappa shape index (κ3) is 3.35. The minimum Gasteiger partial charge on any atom is -0.403 e. The zero-order chi connectivity index (χ0) is 14.7. The molecule has 0 aliphatic heterocycles. The normalized spacial score (nSPS) is 10.5. The highest BCUT2D eigenvalue weighted by atomic mass is 32.1. The minimum atomic E-state index is -0.170. The van der Waals surface area contributed by atoms with Crippen molar-refractivity contribution in [2.45, 2.75) is 13.3 Å². The average Bonchev–Trinajstić information content (AvgIpc) is 3.10. The van der Waals surface area contributed by atoms with Gasteiger partial charge in [-0.15, -0.1) is 16.4 Å². The van der Waals surface area contributed by atoms with Crippen molar-refractivity contribution >= 4 is 23.3 Å². The predicted octanol–water partition coefficient (Wildman–Crippen LogP) is 3.29. The lowest BCUT2D eigenvalue weighted by molar-refractivity contribution is -0.115. The average molecular weight is 299 g/mol. The topological polar surface area (TPSA) is 68.0 Å². The number of hydrogen-bond donors (Lipinski definition) is 1. The molecule has 0 saturated carbocycles. The Morgan fingerprint density at radius 1 is 1.29 bits per heavy atom. The molecule has 1 N–H and O–H groups in total. The monoisotopic (exact) mass is 299 g/mol. The molecule has 0 bridgehead atoms. The lowest BCUT2D eigenvalue weighted by atomic mass is 10.1. The van der Waals surface area contributed by atoms with E-state index >= 15 is 0 Å². The highest BCUT2D eigenvalue weighted by molar-refractivity contribution is 7.10. The van der Waals surface area contributed by atoms with Gasteiger partial charge >= 0.3 is 6.01 Å². The number of aromatic nitrogens is 2. The number of carbonyl (C=O) groups excluding carboxylic acids is 1. The second kappa shape index (κ2) is 5.88. The molecule has 106 valence electrons. The summed E-state index contributed by atoms with van der Waals surface area (Å²) in [5, 5.41) is 12.3. The number of nitrogens with one attached hydrogen (secondary N) is 1. The number of rotatable bonds is 4. The molecule has 6 heteroatoms. The van der Waals surface area contributed by atoms with E-state index in [1.165, 1.54) is 11.3 Å². The number of amides is 1. The summed E-state index contributed by atoms with van der Waals surface area (Å²) >= 11 is 1.54. The lowest BCUT2D eigenvalue weighted by Gasteiger charge is -1.98. The van der Waals surface area contributed by atoms with Crippen molar-refractivity contribution in [2.75, 3.05) is 5.32 Å².